The van der Waals surface area contributed by atoms with E-state index in [-0.39, 0.29) is 30.3 Å². The van der Waals surface area contributed by atoms with Crippen molar-refractivity contribution in [2.24, 2.45) is 17.8 Å². The fourth-order valence-corrected chi connectivity index (χ4v) is 6.42. The van der Waals surface area contributed by atoms with Crippen molar-refractivity contribution in [2.45, 2.75) is 58.8 Å². The minimum absolute atomic E-state index is 0.0934. The molecule has 0 amide bonds. The Morgan fingerprint density at radius 3 is 1.62 bits per heavy atom. The van der Waals surface area contributed by atoms with Gasteiger partial charge in [0.1, 0.15) is 0 Å². The van der Waals surface area contributed by atoms with Crippen molar-refractivity contribution < 1.29 is 45.3 Å². The fourth-order valence-electron chi connectivity index (χ4n) is 6.42. The van der Waals surface area contributed by atoms with Crippen LogP contribution in [0.2, 0.25) is 0 Å². The molecule has 1 unspecified atom stereocenters. The molecule has 1 atom stereocenters. The van der Waals surface area contributed by atoms with Crippen molar-refractivity contribution in [3.05, 3.63) is 82.9 Å². The van der Waals surface area contributed by atoms with Crippen molar-refractivity contribution in [1.82, 2.24) is 0 Å². The number of hydrogen-bond donors (Lipinski definition) is 0. The summed E-state index contributed by atoms with van der Waals surface area (Å²) in [5.41, 5.74) is -0.00896. The van der Waals surface area contributed by atoms with Crippen LogP contribution in [0.25, 0.3) is 16.7 Å². The number of ether oxygens (including phenoxy) is 3. The van der Waals surface area contributed by atoms with Crippen molar-refractivity contribution >= 4 is 11.5 Å². The number of benzene rings is 3. The van der Waals surface area contributed by atoms with Gasteiger partial charge in [-0.05, 0) is 113 Å². The van der Waals surface area contributed by atoms with Gasteiger partial charge >= 0.3 is 5.97 Å². The highest BCUT2D eigenvalue weighted by atomic mass is 19.2. The second-order valence-electron chi connectivity index (χ2n) is 11.4. The van der Waals surface area contributed by atoms with Gasteiger partial charge in [0.2, 0.25) is 17.5 Å². The average molecular weight is 633 g/mol. The maximum absolute atomic E-state index is 14.9. The van der Waals surface area contributed by atoms with E-state index in [0.29, 0.717) is 37.5 Å². The first-order chi connectivity index (χ1) is 21.6. The summed E-state index contributed by atoms with van der Waals surface area (Å²) in [6.45, 7) is 3.62. The third kappa shape index (κ3) is 6.70. The highest BCUT2D eigenvalue weighted by Crippen LogP contribution is 2.43. The molecule has 0 heterocycles. The van der Waals surface area contributed by atoms with Crippen LogP contribution in [-0.4, -0.2) is 19.2 Å². The Morgan fingerprint density at radius 1 is 0.622 bits per heavy atom. The Morgan fingerprint density at radius 2 is 1.11 bits per heavy atom. The van der Waals surface area contributed by atoms with Crippen LogP contribution in [0.1, 0.15) is 64.4 Å². The van der Waals surface area contributed by atoms with Crippen LogP contribution in [-0.2, 0) is 4.79 Å². The minimum Gasteiger partial charge on any atom is -0.491 e. The Balaban J connectivity index is 1.18. The summed E-state index contributed by atoms with van der Waals surface area (Å²) in [5.74, 6) is -9.16. The first-order valence-electron chi connectivity index (χ1n) is 15.3. The quantitative estimate of drug-likeness (QED) is 0.134. The predicted octanol–water partition coefficient (Wildman–Crippen LogP) is 9.58. The van der Waals surface area contributed by atoms with E-state index in [9.17, 15) is 31.1 Å². The van der Waals surface area contributed by atoms with E-state index in [4.69, 9.17) is 14.2 Å². The molecule has 2 aliphatic rings. The monoisotopic (exact) mass is 632 g/mol. The maximum atomic E-state index is 14.9. The summed E-state index contributed by atoms with van der Waals surface area (Å²) in [6.07, 6.45) is 6.55. The van der Waals surface area contributed by atoms with Gasteiger partial charge in [-0.15, -0.1) is 0 Å². The standard InChI is InChI=1S/C35H34F6O4/c1-3-43-26-16-13-23(29(36)32(26)39)21-9-5-19(6-10-21)20-7-11-22(12-8-20)35(42)45-28-18-15-25(31(38)34(28)41)24-14-17-27(44-4-2)33(40)30(24)37/h9,13-20,22H,3-8,10-12H2,1-2H3. The highest BCUT2D eigenvalue weighted by Gasteiger charge is 2.33. The molecule has 10 heteroatoms. The predicted molar refractivity (Wildman–Crippen MR) is 157 cm³/mol. The van der Waals surface area contributed by atoms with Crippen LogP contribution >= 0.6 is 0 Å². The fraction of sp³-hybridized carbons (Fsp3) is 0.400. The molecule has 0 aliphatic heterocycles. The summed E-state index contributed by atoms with van der Waals surface area (Å²) in [6, 6.07) is 7.27. The summed E-state index contributed by atoms with van der Waals surface area (Å²) in [5, 5.41) is 0. The summed E-state index contributed by atoms with van der Waals surface area (Å²) in [4.78, 5) is 12.9. The van der Waals surface area contributed by atoms with Crippen molar-refractivity contribution in [3.63, 3.8) is 0 Å². The molecule has 2 aliphatic carbocycles. The summed E-state index contributed by atoms with van der Waals surface area (Å²) < 4.78 is 103. The number of hydrogen-bond acceptors (Lipinski definition) is 4. The molecule has 4 nitrogen and oxygen atoms in total. The maximum Gasteiger partial charge on any atom is 0.314 e. The average Bonchev–Trinajstić information content (AvgIpc) is 3.05. The van der Waals surface area contributed by atoms with Gasteiger partial charge in [0.25, 0.3) is 0 Å². The Hall–Kier alpha value is -3.95. The van der Waals surface area contributed by atoms with Gasteiger partial charge in [-0.3, -0.25) is 4.79 Å². The molecular formula is C35H34F6O4. The summed E-state index contributed by atoms with van der Waals surface area (Å²) >= 11 is 0. The van der Waals surface area contributed by atoms with Gasteiger partial charge < -0.3 is 14.2 Å². The topological polar surface area (TPSA) is 44.8 Å². The zero-order chi connectivity index (χ0) is 32.2. The van der Waals surface area contributed by atoms with E-state index in [2.05, 4.69) is 0 Å². The lowest BCUT2D eigenvalue weighted by Gasteiger charge is -2.35. The van der Waals surface area contributed by atoms with E-state index in [1.54, 1.807) is 19.9 Å². The third-order valence-corrected chi connectivity index (χ3v) is 8.81. The summed E-state index contributed by atoms with van der Waals surface area (Å²) in [7, 11) is 0. The number of allylic oxidation sites excluding steroid dienone is 2. The Labute approximate surface area is 258 Å². The number of halogens is 6. The smallest absolute Gasteiger partial charge is 0.314 e. The van der Waals surface area contributed by atoms with Gasteiger partial charge in [0, 0.05) is 16.7 Å². The van der Waals surface area contributed by atoms with Crippen molar-refractivity contribution in [1.29, 1.82) is 0 Å². The molecule has 3 aromatic rings. The van der Waals surface area contributed by atoms with Crippen molar-refractivity contribution in [2.75, 3.05) is 13.2 Å². The van der Waals surface area contributed by atoms with E-state index in [0.717, 1.165) is 49.1 Å². The van der Waals surface area contributed by atoms with Gasteiger partial charge in [-0.25, -0.2) is 13.2 Å². The second-order valence-corrected chi connectivity index (χ2v) is 11.4. The van der Waals surface area contributed by atoms with E-state index >= 15 is 0 Å². The molecule has 0 spiro atoms. The first-order valence-corrected chi connectivity index (χ1v) is 15.3. The minimum atomic E-state index is -1.48. The normalized spacial score (nSPS) is 20.0. The molecule has 0 saturated heterocycles. The molecule has 3 aromatic carbocycles. The molecule has 240 valence electrons. The van der Waals surface area contributed by atoms with Gasteiger partial charge in [0.05, 0.1) is 19.1 Å². The van der Waals surface area contributed by atoms with E-state index in [1.807, 2.05) is 6.08 Å². The molecule has 5 rings (SSSR count). The van der Waals surface area contributed by atoms with E-state index in [1.165, 1.54) is 6.07 Å². The zero-order valence-corrected chi connectivity index (χ0v) is 25.0. The number of rotatable bonds is 9. The Bertz CT molecular complexity index is 1600. The van der Waals surface area contributed by atoms with Crippen LogP contribution < -0.4 is 14.2 Å². The van der Waals surface area contributed by atoms with Gasteiger partial charge in [-0.1, -0.05) is 6.08 Å². The largest absolute Gasteiger partial charge is 0.491 e. The second kappa shape index (κ2) is 14.0. The van der Waals surface area contributed by atoms with Gasteiger partial charge in [-0.2, -0.15) is 13.2 Å². The molecule has 45 heavy (non-hydrogen) atoms. The van der Waals surface area contributed by atoms with Crippen molar-refractivity contribution in [3.8, 4) is 28.4 Å². The SMILES string of the molecule is CCOc1ccc(C2=CCC(C3CCC(C(=O)Oc4ccc(-c5ccc(OCC)c(F)c5F)c(F)c4F)CC3)CC2)c(F)c1F. The lowest BCUT2D eigenvalue weighted by Crippen LogP contribution is -2.29. The number of carbonyl (C=O) groups excluding carboxylic acids is 1. The molecule has 0 aromatic heterocycles. The number of esters is 1. The van der Waals surface area contributed by atoms with Crippen LogP contribution in [0.5, 0.6) is 17.2 Å². The number of carbonyl (C=O) groups is 1. The molecular weight excluding hydrogens is 598 g/mol. The van der Waals surface area contributed by atoms with Crippen LogP contribution in [0, 0.1) is 52.7 Å². The first kappa shape index (κ1) is 32.4. The molecule has 0 N–H and O–H groups in total. The molecule has 0 bridgehead atoms. The lowest BCUT2D eigenvalue weighted by atomic mass is 9.71. The van der Waals surface area contributed by atoms with Crippen LogP contribution in [0.4, 0.5) is 26.3 Å². The lowest BCUT2D eigenvalue weighted by molar-refractivity contribution is -0.140. The van der Waals surface area contributed by atoms with Crippen LogP contribution in [0.15, 0.2) is 42.5 Å². The zero-order valence-electron chi connectivity index (χ0n) is 25.0. The third-order valence-electron chi connectivity index (χ3n) is 8.81. The molecule has 1 fully saturated rings. The van der Waals surface area contributed by atoms with Gasteiger partial charge in [0.15, 0.2) is 34.7 Å². The Kier molecular flexibility index (Phi) is 10.1. The molecule has 0 radical (unpaired) electrons. The van der Waals surface area contributed by atoms with E-state index < -0.39 is 63.7 Å². The highest BCUT2D eigenvalue weighted by molar-refractivity contribution is 5.76. The molecule has 1 saturated carbocycles. The van der Waals surface area contributed by atoms with Crippen LogP contribution in [0.3, 0.4) is 0 Å².